The number of aromatic nitrogens is 3. The van der Waals surface area contributed by atoms with Crippen LogP contribution < -0.4 is 5.32 Å². The number of ether oxygens (including phenoxy) is 1. The van der Waals surface area contributed by atoms with Crippen LogP contribution in [0.5, 0.6) is 0 Å². The van der Waals surface area contributed by atoms with Gasteiger partial charge in [0.2, 0.25) is 0 Å². The van der Waals surface area contributed by atoms with E-state index in [0.29, 0.717) is 12.6 Å². The first kappa shape index (κ1) is 15.0. The highest BCUT2D eigenvalue weighted by Gasteiger charge is 2.42. The largest absolute Gasteiger partial charge is 0.370 e. The Labute approximate surface area is 127 Å². The van der Waals surface area contributed by atoms with Gasteiger partial charge in [0.25, 0.3) is 0 Å². The lowest BCUT2D eigenvalue weighted by atomic mass is 9.98. The van der Waals surface area contributed by atoms with E-state index in [2.05, 4.69) is 36.2 Å². The van der Waals surface area contributed by atoms with Gasteiger partial charge in [-0.1, -0.05) is 12.8 Å². The normalized spacial score (nSPS) is 25.0. The molecule has 2 fully saturated rings. The molecule has 1 atom stereocenters. The van der Waals surface area contributed by atoms with Gasteiger partial charge < -0.3 is 10.1 Å². The molecule has 2 heterocycles. The Morgan fingerprint density at radius 1 is 1.33 bits per heavy atom. The SMILES string of the molecule is CC(C)(C)NCc1ncn(CC2CCC3(CCCC3)O2)n1. The second-order valence-electron chi connectivity index (χ2n) is 7.66. The molecule has 1 aliphatic carbocycles. The molecule has 1 unspecified atom stereocenters. The third kappa shape index (κ3) is 3.83. The van der Waals surface area contributed by atoms with Crippen molar-refractivity contribution in [3.8, 4) is 0 Å². The molecule has 21 heavy (non-hydrogen) atoms. The first-order valence-corrected chi connectivity index (χ1v) is 8.25. The molecule has 1 saturated carbocycles. The summed E-state index contributed by atoms with van der Waals surface area (Å²) in [5, 5.41) is 7.97. The lowest BCUT2D eigenvalue weighted by Crippen LogP contribution is -2.35. The van der Waals surface area contributed by atoms with Crippen LogP contribution in [0.15, 0.2) is 6.33 Å². The Morgan fingerprint density at radius 3 is 2.81 bits per heavy atom. The molecule has 1 aliphatic heterocycles. The van der Waals surface area contributed by atoms with Crippen molar-refractivity contribution >= 4 is 0 Å². The summed E-state index contributed by atoms with van der Waals surface area (Å²) in [6.07, 6.45) is 9.71. The molecule has 5 heteroatoms. The van der Waals surface area contributed by atoms with E-state index in [-0.39, 0.29) is 11.1 Å². The lowest BCUT2D eigenvalue weighted by Gasteiger charge is -2.23. The Hall–Kier alpha value is -0.940. The van der Waals surface area contributed by atoms with Crippen molar-refractivity contribution in [3.05, 3.63) is 12.2 Å². The molecule has 3 rings (SSSR count). The Balaban J connectivity index is 1.51. The summed E-state index contributed by atoms with van der Waals surface area (Å²) in [4.78, 5) is 4.38. The second kappa shape index (κ2) is 5.69. The van der Waals surface area contributed by atoms with Gasteiger partial charge >= 0.3 is 0 Å². The maximum absolute atomic E-state index is 6.33. The van der Waals surface area contributed by atoms with E-state index < -0.39 is 0 Å². The van der Waals surface area contributed by atoms with Gasteiger partial charge in [0.15, 0.2) is 5.82 Å². The van der Waals surface area contributed by atoms with Crippen molar-refractivity contribution in [1.82, 2.24) is 20.1 Å². The zero-order chi connectivity index (χ0) is 14.9. The van der Waals surface area contributed by atoms with Crippen LogP contribution in [-0.4, -0.2) is 32.0 Å². The molecule has 118 valence electrons. The van der Waals surface area contributed by atoms with E-state index in [0.717, 1.165) is 18.8 Å². The van der Waals surface area contributed by atoms with Crippen LogP contribution in [0.1, 0.15) is 65.1 Å². The van der Waals surface area contributed by atoms with Gasteiger partial charge in [0.1, 0.15) is 6.33 Å². The fourth-order valence-electron chi connectivity index (χ4n) is 3.47. The van der Waals surface area contributed by atoms with Crippen LogP contribution in [-0.2, 0) is 17.8 Å². The molecule has 5 nitrogen and oxygen atoms in total. The third-order valence-electron chi connectivity index (χ3n) is 4.60. The number of nitrogens with zero attached hydrogens (tertiary/aromatic N) is 3. The fraction of sp³-hybridized carbons (Fsp3) is 0.875. The standard InChI is InChI=1S/C16H28N4O/c1-15(2,3)18-10-14-17-12-20(19-14)11-13-6-9-16(21-13)7-4-5-8-16/h12-13,18H,4-11H2,1-3H3. The maximum atomic E-state index is 6.33. The Kier molecular flexibility index (Phi) is 4.06. The van der Waals surface area contributed by atoms with Crippen LogP contribution >= 0.6 is 0 Å². The van der Waals surface area contributed by atoms with E-state index in [4.69, 9.17) is 4.74 Å². The van der Waals surface area contributed by atoms with Gasteiger partial charge in [-0.05, 0) is 46.5 Å². The number of nitrogens with one attached hydrogen (secondary N) is 1. The summed E-state index contributed by atoms with van der Waals surface area (Å²) >= 11 is 0. The van der Waals surface area contributed by atoms with Crippen molar-refractivity contribution in [2.75, 3.05) is 0 Å². The van der Waals surface area contributed by atoms with Crippen molar-refractivity contribution < 1.29 is 4.74 Å². The van der Waals surface area contributed by atoms with Crippen molar-refractivity contribution in [2.24, 2.45) is 0 Å². The van der Waals surface area contributed by atoms with Crippen LogP contribution in [0.3, 0.4) is 0 Å². The molecular formula is C16H28N4O. The highest BCUT2D eigenvalue weighted by atomic mass is 16.5. The monoisotopic (exact) mass is 292 g/mol. The van der Waals surface area contributed by atoms with Gasteiger partial charge in [0.05, 0.1) is 24.8 Å². The van der Waals surface area contributed by atoms with Gasteiger partial charge in [-0.25, -0.2) is 4.98 Å². The summed E-state index contributed by atoms with van der Waals surface area (Å²) in [5.41, 5.74) is 0.302. The number of rotatable bonds is 4. The quantitative estimate of drug-likeness (QED) is 0.927. The average molecular weight is 292 g/mol. The minimum atomic E-state index is 0.0921. The van der Waals surface area contributed by atoms with Crippen LogP contribution in [0, 0.1) is 0 Å². The van der Waals surface area contributed by atoms with E-state index in [1.54, 1.807) is 0 Å². The van der Waals surface area contributed by atoms with Gasteiger partial charge in [-0.2, -0.15) is 5.10 Å². The minimum absolute atomic E-state index is 0.0921. The maximum Gasteiger partial charge on any atom is 0.164 e. The first-order chi connectivity index (χ1) is 9.94. The highest BCUT2D eigenvalue weighted by molar-refractivity contribution is 4.93. The molecule has 1 aromatic heterocycles. The first-order valence-electron chi connectivity index (χ1n) is 8.25. The van der Waals surface area contributed by atoms with Crippen molar-refractivity contribution in [1.29, 1.82) is 0 Å². The Morgan fingerprint density at radius 2 is 2.10 bits per heavy atom. The zero-order valence-electron chi connectivity index (χ0n) is 13.6. The van der Waals surface area contributed by atoms with E-state index >= 15 is 0 Å². The average Bonchev–Trinajstić information content (AvgIpc) is 3.11. The molecule has 1 saturated heterocycles. The topological polar surface area (TPSA) is 52.0 Å². The van der Waals surface area contributed by atoms with Crippen LogP contribution in [0.4, 0.5) is 0 Å². The fourth-order valence-corrected chi connectivity index (χ4v) is 3.47. The molecule has 1 N–H and O–H groups in total. The predicted octanol–water partition coefficient (Wildman–Crippen LogP) is 2.66. The summed E-state index contributed by atoms with van der Waals surface area (Å²) in [6, 6.07) is 0. The van der Waals surface area contributed by atoms with Gasteiger partial charge in [0, 0.05) is 5.54 Å². The molecule has 1 spiro atoms. The molecule has 0 aromatic carbocycles. The van der Waals surface area contributed by atoms with Crippen LogP contribution in [0.2, 0.25) is 0 Å². The molecule has 1 aromatic rings. The molecule has 0 amide bonds. The van der Waals surface area contributed by atoms with Crippen molar-refractivity contribution in [3.63, 3.8) is 0 Å². The molecule has 0 radical (unpaired) electrons. The molecular weight excluding hydrogens is 264 g/mol. The minimum Gasteiger partial charge on any atom is -0.370 e. The predicted molar refractivity (Wildman–Crippen MR) is 81.9 cm³/mol. The summed E-state index contributed by atoms with van der Waals surface area (Å²) in [7, 11) is 0. The summed E-state index contributed by atoms with van der Waals surface area (Å²) < 4.78 is 8.28. The number of hydrogen-bond acceptors (Lipinski definition) is 4. The molecule has 0 bridgehead atoms. The third-order valence-corrected chi connectivity index (χ3v) is 4.60. The van der Waals surface area contributed by atoms with Gasteiger partial charge in [-0.15, -0.1) is 0 Å². The van der Waals surface area contributed by atoms with E-state index in [9.17, 15) is 0 Å². The smallest absolute Gasteiger partial charge is 0.164 e. The lowest BCUT2D eigenvalue weighted by molar-refractivity contribution is -0.0429. The summed E-state index contributed by atoms with van der Waals surface area (Å²) in [6.45, 7) is 8.00. The van der Waals surface area contributed by atoms with E-state index in [1.807, 2.05) is 11.0 Å². The van der Waals surface area contributed by atoms with Crippen molar-refractivity contribution in [2.45, 2.75) is 89.6 Å². The second-order valence-corrected chi connectivity index (χ2v) is 7.66. The molecule has 2 aliphatic rings. The Bertz CT molecular complexity index is 471. The van der Waals surface area contributed by atoms with Crippen LogP contribution in [0.25, 0.3) is 0 Å². The number of hydrogen-bond donors (Lipinski definition) is 1. The summed E-state index contributed by atoms with van der Waals surface area (Å²) in [5.74, 6) is 0.860. The van der Waals surface area contributed by atoms with Gasteiger partial charge in [-0.3, -0.25) is 4.68 Å². The zero-order valence-corrected chi connectivity index (χ0v) is 13.6. The highest BCUT2D eigenvalue weighted by Crippen LogP contribution is 2.43. The van der Waals surface area contributed by atoms with E-state index in [1.165, 1.54) is 32.1 Å².